The maximum atomic E-state index is 12.2. The van der Waals surface area contributed by atoms with E-state index >= 15 is 0 Å². The molecule has 19 heavy (non-hydrogen) atoms. The van der Waals surface area contributed by atoms with E-state index in [9.17, 15) is 8.42 Å². The van der Waals surface area contributed by atoms with Crippen molar-refractivity contribution in [1.82, 2.24) is 4.98 Å². The Balaban J connectivity index is 2.40. The summed E-state index contributed by atoms with van der Waals surface area (Å²) < 4.78 is 24.4. The van der Waals surface area contributed by atoms with Crippen LogP contribution in [0, 0.1) is 0 Å². The van der Waals surface area contributed by atoms with Crippen LogP contribution >= 0.6 is 23.4 Å². The number of aromatic nitrogens is 1. The zero-order chi connectivity index (χ0) is 13.9. The van der Waals surface area contributed by atoms with Crippen LogP contribution in [-0.4, -0.2) is 42.6 Å². The van der Waals surface area contributed by atoms with Gasteiger partial charge in [-0.2, -0.15) is 11.8 Å². The Kier molecular flexibility index (Phi) is 4.97. The molecule has 0 amide bonds. The molecular formula is C12H17ClN2O2S2. The van der Waals surface area contributed by atoms with E-state index in [1.807, 2.05) is 17.0 Å². The number of hydrogen-bond acceptors (Lipinski definition) is 5. The molecule has 1 aliphatic rings. The highest BCUT2D eigenvalue weighted by Crippen LogP contribution is 2.28. The summed E-state index contributed by atoms with van der Waals surface area (Å²) in [5.41, 5.74) is 0.882. The van der Waals surface area contributed by atoms with E-state index in [2.05, 4.69) is 4.98 Å². The van der Waals surface area contributed by atoms with Crippen molar-refractivity contribution in [2.24, 2.45) is 0 Å². The molecule has 1 aliphatic heterocycles. The predicted molar refractivity (Wildman–Crippen MR) is 81.7 cm³/mol. The Labute approximate surface area is 123 Å². The number of sulfone groups is 1. The van der Waals surface area contributed by atoms with E-state index in [1.165, 1.54) is 0 Å². The lowest BCUT2D eigenvalue weighted by Gasteiger charge is -2.36. The minimum Gasteiger partial charge on any atom is -0.338 e. The summed E-state index contributed by atoms with van der Waals surface area (Å²) in [7, 11) is -3.12. The van der Waals surface area contributed by atoms with Crippen LogP contribution in [0.4, 0.5) is 5.82 Å². The highest BCUT2D eigenvalue weighted by Gasteiger charge is 2.34. The van der Waals surface area contributed by atoms with Crippen molar-refractivity contribution in [2.45, 2.75) is 18.2 Å². The van der Waals surface area contributed by atoms with Gasteiger partial charge in [-0.15, -0.1) is 11.6 Å². The number of pyridine rings is 1. The van der Waals surface area contributed by atoms with Gasteiger partial charge < -0.3 is 4.90 Å². The molecule has 0 N–H and O–H groups in total. The molecule has 4 nitrogen and oxygen atoms in total. The topological polar surface area (TPSA) is 50.3 Å². The molecule has 0 aromatic carbocycles. The van der Waals surface area contributed by atoms with Gasteiger partial charge in [0.05, 0.1) is 5.88 Å². The molecular weight excluding hydrogens is 304 g/mol. The van der Waals surface area contributed by atoms with Crippen molar-refractivity contribution in [3.8, 4) is 0 Å². The fourth-order valence-electron chi connectivity index (χ4n) is 2.11. The second kappa shape index (κ2) is 6.33. The lowest BCUT2D eigenvalue weighted by atomic mass is 10.2. The standard InChI is InChI=1S/C12H17ClN2O2S2/c1-2-19(16,17)11-9-18-7-6-15(11)12-10(8-13)4-3-5-14-12/h3-5,11H,2,6-9H2,1H3. The highest BCUT2D eigenvalue weighted by atomic mass is 35.5. The van der Waals surface area contributed by atoms with Crippen LogP contribution in [-0.2, 0) is 15.7 Å². The number of hydrogen-bond donors (Lipinski definition) is 0. The Hall–Kier alpha value is -0.460. The van der Waals surface area contributed by atoms with E-state index in [0.717, 1.165) is 11.3 Å². The van der Waals surface area contributed by atoms with Crippen molar-refractivity contribution < 1.29 is 8.42 Å². The minimum absolute atomic E-state index is 0.151. The third kappa shape index (κ3) is 3.17. The van der Waals surface area contributed by atoms with Crippen LogP contribution < -0.4 is 4.90 Å². The van der Waals surface area contributed by atoms with Gasteiger partial charge in [0.2, 0.25) is 0 Å². The van der Waals surface area contributed by atoms with Gasteiger partial charge in [0.25, 0.3) is 0 Å². The third-order valence-electron chi connectivity index (χ3n) is 3.19. The highest BCUT2D eigenvalue weighted by molar-refractivity contribution is 8.01. The second-order valence-corrected chi connectivity index (χ2v) is 8.16. The van der Waals surface area contributed by atoms with Crippen molar-refractivity contribution in [3.05, 3.63) is 23.9 Å². The smallest absolute Gasteiger partial charge is 0.171 e. The number of halogens is 1. The van der Waals surface area contributed by atoms with Crippen LogP contribution in [0.1, 0.15) is 12.5 Å². The fourth-order valence-corrected chi connectivity index (χ4v) is 5.28. The lowest BCUT2D eigenvalue weighted by Crippen LogP contribution is -2.48. The number of rotatable bonds is 4. The van der Waals surface area contributed by atoms with Gasteiger partial charge >= 0.3 is 0 Å². The zero-order valence-corrected chi connectivity index (χ0v) is 13.1. The van der Waals surface area contributed by atoms with Crippen LogP contribution in [0.5, 0.6) is 0 Å². The van der Waals surface area contributed by atoms with Crippen LogP contribution in [0.15, 0.2) is 18.3 Å². The van der Waals surface area contributed by atoms with Gasteiger partial charge in [-0.05, 0) is 6.07 Å². The Morgan fingerprint density at radius 2 is 2.37 bits per heavy atom. The zero-order valence-electron chi connectivity index (χ0n) is 10.8. The summed E-state index contributed by atoms with van der Waals surface area (Å²) in [5.74, 6) is 2.70. The molecule has 0 radical (unpaired) electrons. The number of alkyl halides is 1. The van der Waals surface area contributed by atoms with E-state index in [0.29, 0.717) is 24.0 Å². The van der Waals surface area contributed by atoms with Crippen LogP contribution in [0.25, 0.3) is 0 Å². The molecule has 0 spiro atoms. The number of thioether (sulfide) groups is 1. The first kappa shape index (κ1) is 14.9. The summed E-state index contributed by atoms with van der Waals surface area (Å²) in [5, 5.41) is -0.492. The van der Waals surface area contributed by atoms with Crippen molar-refractivity contribution in [3.63, 3.8) is 0 Å². The van der Waals surface area contributed by atoms with Gasteiger partial charge in [-0.25, -0.2) is 13.4 Å². The average Bonchev–Trinajstić information content (AvgIpc) is 2.47. The summed E-state index contributed by atoms with van der Waals surface area (Å²) in [4.78, 5) is 6.23. The maximum Gasteiger partial charge on any atom is 0.171 e. The van der Waals surface area contributed by atoms with Crippen molar-refractivity contribution in [1.29, 1.82) is 0 Å². The minimum atomic E-state index is -3.12. The number of anilines is 1. The molecule has 1 fully saturated rings. The van der Waals surface area contributed by atoms with Gasteiger partial charge in [-0.1, -0.05) is 13.0 Å². The molecule has 106 valence electrons. The SMILES string of the molecule is CCS(=O)(=O)C1CSCCN1c1ncccc1CCl. The molecule has 1 atom stereocenters. The quantitative estimate of drug-likeness (QED) is 0.796. The van der Waals surface area contributed by atoms with E-state index in [4.69, 9.17) is 11.6 Å². The molecule has 0 bridgehead atoms. The third-order valence-corrected chi connectivity index (χ3v) is 6.76. The van der Waals surface area contributed by atoms with Crippen molar-refractivity contribution >= 4 is 39.0 Å². The van der Waals surface area contributed by atoms with Crippen LogP contribution in [0.2, 0.25) is 0 Å². The molecule has 1 aromatic heterocycles. The van der Waals surface area contributed by atoms with E-state index in [-0.39, 0.29) is 5.75 Å². The van der Waals surface area contributed by atoms with E-state index in [1.54, 1.807) is 24.9 Å². The van der Waals surface area contributed by atoms with Gasteiger partial charge in [0.1, 0.15) is 11.2 Å². The largest absolute Gasteiger partial charge is 0.338 e. The normalized spacial score (nSPS) is 20.5. The van der Waals surface area contributed by atoms with Gasteiger partial charge in [-0.3, -0.25) is 0 Å². The second-order valence-electron chi connectivity index (χ2n) is 4.29. The Bertz CT molecular complexity index is 536. The van der Waals surface area contributed by atoms with Crippen LogP contribution in [0.3, 0.4) is 0 Å². The summed E-state index contributed by atoms with van der Waals surface area (Å²) >= 11 is 7.60. The average molecular weight is 321 g/mol. The Morgan fingerprint density at radius 3 is 3.05 bits per heavy atom. The van der Waals surface area contributed by atoms with Crippen molar-refractivity contribution in [2.75, 3.05) is 28.7 Å². The molecule has 2 heterocycles. The number of nitrogens with zero attached hydrogens (tertiary/aromatic N) is 2. The first-order chi connectivity index (χ1) is 9.10. The first-order valence-electron chi connectivity index (χ1n) is 6.16. The summed E-state index contributed by atoms with van der Waals surface area (Å²) in [6, 6.07) is 3.72. The van der Waals surface area contributed by atoms with E-state index < -0.39 is 15.2 Å². The maximum absolute atomic E-state index is 12.2. The first-order valence-corrected chi connectivity index (χ1v) is 9.56. The molecule has 2 rings (SSSR count). The molecule has 0 aliphatic carbocycles. The van der Waals surface area contributed by atoms with Gasteiger partial charge in [0, 0.05) is 35.6 Å². The summed E-state index contributed by atoms with van der Waals surface area (Å²) in [6.07, 6.45) is 1.68. The fraction of sp³-hybridized carbons (Fsp3) is 0.583. The monoisotopic (exact) mass is 320 g/mol. The lowest BCUT2D eigenvalue weighted by molar-refractivity contribution is 0.578. The molecule has 1 unspecified atom stereocenters. The van der Waals surface area contributed by atoms with Gasteiger partial charge in [0.15, 0.2) is 9.84 Å². The molecule has 7 heteroatoms. The Morgan fingerprint density at radius 1 is 1.58 bits per heavy atom. The summed E-state index contributed by atoms with van der Waals surface area (Å²) in [6.45, 7) is 2.38. The molecule has 0 saturated carbocycles. The molecule has 1 saturated heterocycles. The predicted octanol–water partition coefficient (Wildman–Crippen LogP) is 2.13. The molecule has 1 aromatic rings.